The molecule has 0 aromatic carbocycles. The molecule has 1 saturated carbocycles. The molecule has 0 N–H and O–H groups in total. The summed E-state index contributed by atoms with van der Waals surface area (Å²) in [6, 6.07) is 0.400. The quantitative estimate of drug-likeness (QED) is 0.511. The van der Waals surface area contributed by atoms with Gasteiger partial charge in [-0.2, -0.15) is 0 Å². The summed E-state index contributed by atoms with van der Waals surface area (Å²) in [5, 5.41) is 0. The van der Waals surface area contributed by atoms with Crippen molar-refractivity contribution in [2.75, 3.05) is 25.6 Å². The molecule has 0 atom stereocenters. The van der Waals surface area contributed by atoms with E-state index in [4.69, 9.17) is 16.3 Å². The van der Waals surface area contributed by atoms with Gasteiger partial charge in [-0.15, -0.1) is 11.6 Å². The van der Waals surface area contributed by atoms with Crippen LogP contribution in [0.3, 0.4) is 0 Å². The molecule has 1 fully saturated rings. The van der Waals surface area contributed by atoms with E-state index in [9.17, 15) is 4.79 Å². The third-order valence-corrected chi connectivity index (χ3v) is 3.15. The van der Waals surface area contributed by atoms with E-state index in [0.717, 1.165) is 19.3 Å². The predicted octanol–water partition coefficient (Wildman–Crippen LogP) is 2.42. The average molecular weight is 248 g/mol. The first-order chi connectivity index (χ1) is 7.79. The minimum atomic E-state index is 0.0981. The number of nitrogens with zero attached hydrogens (tertiary/aromatic N) is 1. The molecule has 0 aromatic rings. The van der Waals surface area contributed by atoms with Gasteiger partial charge in [-0.05, 0) is 19.3 Å². The van der Waals surface area contributed by atoms with Crippen LogP contribution in [0.4, 0.5) is 0 Å². The van der Waals surface area contributed by atoms with Gasteiger partial charge in [-0.25, -0.2) is 0 Å². The minimum absolute atomic E-state index is 0.0981. The van der Waals surface area contributed by atoms with Crippen LogP contribution in [-0.2, 0) is 9.53 Å². The number of carbonyl (C=O) groups excluding carboxylic acids is 1. The highest BCUT2D eigenvalue weighted by molar-refractivity contribution is 6.18. The Balaban J connectivity index is 2.38. The normalized spacial score (nSPS) is 16.6. The fourth-order valence-corrected chi connectivity index (χ4v) is 2.39. The molecule has 94 valence electrons. The highest BCUT2D eigenvalue weighted by Gasteiger charge is 2.25. The lowest BCUT2D eigenvalue weighted by Crippen LogP contribution is -2.42. The van der Waals surface area contributed by atoms with Gasteiger partial charge in [0.25, 0.3) is 0 Å². The fraction of sp³-hybridized carbons (Fsp3) is 0.917. The molecule has 3 nitrogen and oxygen atoms in total. The van der Waals surface area contributed by atoms with Gasteiger partial charge >= 0.3 is 0 Å². The number of halogens is 1. The second-order valence-electron chi connectivity index (χ2n) is 4.27. The number of hydrogen-bond acceptors (Lipinski definition) is 2. The summed E-state index contributed by atoms with van der Waals surface area (Å²) in [7, 11) is 0. The molecule has 16 heavy (non-hydrogen) atoms. The molecule has 1 rings (SSSR count). The van der Waals surface area contributed by atoms with Gasteiger partial charge in [-0.1, -0.05) is 19.8 Å². The van der Waals surface area contributed by atoms with Crippen LogP contribution in [0.1, 0.15) is 39.0 Å². The monoisotopic (exact) mass is 247 g/mol. The Morgan fingerprint density at radius 3 is 2.69 bits per heavy atom. The summed E-state index contributed by atoms with van der Waals surface area (Å²) in [5.41, 5.74) is 0. The van der Waals surface area contributed by atoms with E-state index in [1.54, 1.807) is 0 Å². The lowest BCUT2D eigenvalue weighted by molar-refractivity contribution is -0.138. The highest BCUT2D eigenvalue weighted by Crippen LogP contribution is 2.23. The summed E-state index contributed by atoms with van der Waals surface area (Å²) in [6.07, 6.45) is 5.65. The first kappa shape index (κ1) is 13.8. The van der Waals surface area contributed by atoms with Crippen LogP contribution in [0, 0.1) is 0 Å². The maximum Gasteiger partial charge on any atom is 0.248 e. The molecule has 0 radical (unpaired) electrons. The van der Waals surface area contributed by atoms with Crippen molar-refractivity contribution < 1.29 is 9.53 Å². The van der Waals surface area contributed by atoms with Gasteiger partial charge < -0.3 is 9.64 Å². The van der Waals surface area contributed by atoms with Gasteiger partial charge in [0.15, 0.2) is 0 Å². The lowest BCUT2D eigenvalue weighted by Gasteiger charge is -2.28. The van der Waals surface area contributed by atoms with E-state index in [1.807, 2.05) is 11.8 Å². The Bertz CT molecular complexity index is 205. The van der Waals surface area contributed by atoms with Crippen LogP contribution in [-0.4, -0.2) is 42.5 Å². The van der Waals surface area contributed by atoms with Gasteiger partial charge in [-0.3, -0.25) is 4.79 Å². The molecular weight excluding hydrogens is 226 g/mol. The second kappa shape index (κ2) is 7.91. The molecule has 1 aliphatic rings. The van der Waals surface area contributed by atoms with E-state index >= 15 is 0 Å². The van der Waals surface area contributed by atoms with Crippen molar-refractivity contribution in [3.63, 3.8) is 0 Å². The SMILES string of the molecule is CCCOCC(=O)N(CCCl)C1CCCC1. The minimum Gasteiger partial charge on any atom is -0.372 e. The Morgan fingerprint density at radius 2 is 2.12 bits per heavy atom. The number of carbonyl (C=O) groups is 1. The Kier molecular flexibility index (Phi) is 6.81. The van der Waals surface area contributed by atoms with Crippen LogP contribution in [0.25, 0.3) is 0 Å². The van der Waals surface area contributed by atoms with Crippen LogP contribution < -0.4 is 0 Å². The molecule has 0 aliphatic heterocycles. The lowest BCUT2D eigenvalue weighted by atomic mass is 10.2. The van der Waals surface area contributed by atoms with E-state index < -0.39 is 0 Å². The molecule has 4 heteroatoms. The average Bonchev–Trinajstić information content (AvgIpc) is 2.79. The Labute approximate surface area is 103 Å². The van der Waals surface area contributed by atoms with E-state index in [2.05, 4.69) is 0 Å². The van der Waals surface area contributed by atoms with Gasteiger partial charge in [0.05, 0.1) is 0 Å². The summed E-state index contributed by atoms with van der Waals surface area (Å²) < 4.78 is 5.30. The second-order valence-corrected chi connectivity index (χ2v) is 4.64. The molecular formula is C12H22ClNO2. The van der Waals surface area contributed by atoms with Gasteiger partial charge in [0.1, 0.15) is 6.61 Å². The molecule has 0 bridgehead atoms. The van der Waals surface area contributed by atoms with E-state index in [1.165, 1.54) is 12.8 Å². The van der Waals surface area contributed by atoms with Crippen LogP contribution in [0.5, 0.6) is 0 Å². The number of alkyl halides is 1. The van der Waals surface area contributed by atoms with Crippen molar-refractivity contribution >= 4 is 17.5 Å². The van der Waals surface area contributed by atoms with Gasteiger partial charge in [0, 0.05) is 25.1 Å². The predicted molar refractivity (Wildman–Crippen MR) is 65.8 cm³/mol. The number of ether oxygens (including phenoxy) is 1. The van der Waals surface area contributed by atoms with Crippen molar-refractivity contribution in [3.05, 3.63) is 0 Å². The van der Waals surface area contributed by atoms with Crippen LogP contribution >= 0.6 is 11.6 Å². The van der Waals surface area contributed by atoms with Gasteiger partial charge in [0.2, 0.25) is 5.91 Å². The van der Waals surface area contributed by atoms with Crippen molar-refractivity contribution in [2.24, 2.45) is 0 Å². The van der Waals surface area contributed by atoms with Crippen LogP contribution in [0.2, 0.25) is 0 Å². The largest absolute Gasteiger partial charge is 0.372 e. The maximum absolute atomic E-state index is 11.9. The molecule has 0 unspecified atom stereocenters. The number of amides is 1. The molecule has 1 aliphatic carbocycles. The molecule has 0 heterocycles. The van der Waals surface area contributed by atoms with Crippen molar-refractivity contribution in [1.29, 1.82) is 0 Å². The molecule has 1 amide bonds. The first-order valence-corrected chi connectivity index (χ1v) is 6.76. The number of hydrogen-bond donors (Lipinski definition) is 0. The molecule has 0 aromatic heterocycles. The first-order valence-electron chi connectivity index (χ1n) is 6.22. The van der Waals surface area contributed by atoms with Crippen molar-refractivity contribution in [1.82, 2.24) is 4.90 Å². The Morgan fingerprint density at radius 1 is 1.44 bits per heavy atom. The summed E-state index contributed by atoms with van der Waals surface area (Å²) in [5.74, 6) is 0.608. The summed E-state index contributed by atoms with van der Waals surface area (Å²) in [4.78, 5) is 13.8. The van der Waals surface area contributed by atoms with Crippen molar-refractivity contribution in [3.8, 4) is 0 Å². The summed E-state index contributed by atoms with van der Waals surface area (Å²) in [6.45, 7) is 3.56. The zero-order chi connectivity index (χ0) is 11.8. The maximum atomic E-state index is 11.9. The summed E-state index contributed by atoms with van der Waals surface area (Å²) >= 11 is 5.75. The zero-order valence-corrected chi connectivity index (χ0v) is 10.8. The molecule has 0 spiro atoms. The van der Waals surface area contributed by atoms with Crippen molar-refractivity contribution in [2.45, 2.75) is 45.1 Å². The fourth-order valence-electron chi connectivity index (χ4n) is 2.20. The zero-order valence-electron chi connectivity index (χ0n) is 10.1. The van der Waals surface area contributed by atoms with E-state index in [-0.39, 0.29) is 12.5 Å². The third kappa shape index (κ3) is 4.30. The highest BCUT2D eigenvalue weighted by atomic mass is 35.5. The standard InChI is InChI=1S/C12H22ClNO2/c1-2-9-16-10-12(15)14(8-7-13)11-5-3-4-6-11/h11H,2-10H2,1H3. The topological polar surface area (TPSA) is 29.5 Å². The molecule has 0 saturated heterocycles. The third-order valence-electron chi connectivity index (χ3n) is 2.99. The smallest absolute Gasteiger partial charge is 0.248 e. The van der Waals surface area contributed by atoms with E-state index in [0.29, 0.717) is 25.1 Å². The number of rotatable bonds is 7. The van der Waals surface area contributed by atoms with Crippen LogP contribution in [0.15, 0.2) is 0 Å². The Hall–Kier alpha value is -0.280.